The topological polar surface area (TPSA) is 114 Å². The maximum atomic E-state index is 12.9. The molecule has 0 spiro atoms. The highest BCUT2D eigenvalue weighted by molar-refractivity contribution is 7.89. The largest absolute Gasteiger partial charge is 0.494 e. The molecule has 1 fully saturated rings. The summed E-state index contributed by atoms with van der Waals surface area (Å²) in [5.74, 6) is 0.0896. The zero-order valence-corrected chi connectivity index (χ0v) is 22.5. The fourth-order valence-corrected chi connectivity index (χ4v) is 6.24. The Hall–Kier alpha value is -3.40. The fraction of sp³-hybridized carbons (Fsp3) is 0.464. The van der Waals surface area contributed by atoms with Crippen LogP contribution in [0.4, 0.5) is 0 Å². The van der Waals surface area contributed by atoms with E-state index in [9.17, 15) is 22.8 Å². The number of likely N-dealkylation sites (tertiary alicyclic amines) is 1. The van der Waals surface area contributed by atoms with E-state index in [1.807, 2.05) is 6.07 Å². The standard InChI is InChI=1S/C28H34N2O7S/c1-2-19-38(34,35)30(17-8-16-29-15-7-12-26(29)31)27(32)11-5-6-18-36-21-13-14-25-23(20-21)28(33)22-9-3-4-10-24(22)37-25/h3-4,9-10,13-14,20H,2,5-8,11-12,15-19H2,1H3. The molecule has 1 aliphatic heterocycles. The van der Waals surface area contributed by atoms with E-state index in [0.717, 1.165) is 10.7 Å². The van der Waals surface area contributed by atoms with Crippen LogP contribution >= 0.6 is 0 Å². The third-order valence-corrected chi connectivity index (χ3v) is 8.62. The van der Waals surface area contributed by atoms with Crippen molar-refractivity contribution >= 4 is 43.8 Å². The van der Waals surface area contributed by atoms with Crippen LogP contribution < -0.4 is 10.2 Å². The molecule has 0 atom stereocenters. The molecule has 0 aliphatic carbocycles. The quantitative estimate of drug-likeness (QED) is 0.236. The summed E-state index contributed by atoms with van der Waals surface area (Å²) in [6.07, 6.45) is 3.28. The number of hydrogen-bond acceptors (Lipinski definition) is 7. The number of fused-ring (bicyclic) bond motifs is 2. The van der Waals surface area contributed by atoms with Gasteiger partial charge in [0, 0.05) is 32.5 Å². The number of amides is 2. The Balaban J connectivity index is 1.29. The normalized spacial score (nSPS) is 13.9. The third kappa shape index (κ3) is 6.53. The molecule has 4 rings (SSSR count). The van der Waals surface area contributed by atoms with Crippen LogP contribution in [0.5, 0.6) is 5.75 Å². The summed E-state index contributed by atoms with van der Waals surface area (Å²) in [6.45, 7) is 3.30. The Labute approximate surface area is 222 Å². The van der Waals surface area contributed by atoms with E-state index in [1.165, 1.54) is 0 Å². The van der Waals surface area contributed by atoms with Crippen LogP contribution in [-0.2, 0) is 19.6 Å². The van der Waals surface area contributed by atoms with Gasteiger partial charge in [-0.15, -0.1) is 0 Å². The Bertz CT molecular complexity index is 1470. The van der Waals surface area contributed by atoms with Gasteiger partial charge in [-0.1, -0.05) is 19.1 Å². The monoisotopic (exact) mass is 542 g/mol. The SMILES string of the molecule is CCCS(=O)(=O)N(CCCN1CCCC1=O)C(=O)CCCCOc1ccc2oc3ccccc3c(=O)c2c1. The molecule has 1 saturated heterocycles. The van der Waals surface area contributed by atoms with Crippen LogP contribution in [0, 0.1) is 0 Å². The molecular formula is C28H34N2O7S. The number of benzene rings is 2. The lowest BCUT2D eigenvalue weighted by molar-refractivity contribution is -0.127. The second-order valence-electron chi connectivity index (χ2n) is 9.51. The molecule has 38 heavy (non-hydrogen) atoms. The predicted octanol–water partition coefficient (Wildman–Crippen LogP) is 4.08. The number of rotatable bonds is 13. The molecule has 0 radical (unpaired) electrons. The zero-order chi connectivity index (χ0) is 27.1. The first-order chi connectivity index (χ1) is 18.3. The first kappa shape index (κ1) is 27.6. The molecule has 0 saturated carbocycles. The highest BCUT2D eigenvalue weighted by Crippen LogP contribution is 2.23. The Morgan fingerprint density at radius 3 is 2.61 bits per heavy atom. The van der Waals surface area contributed by atoms with Gasteiger partial charge in [-0.05, 0) is 62.4 Å². The molecule has 2 heterocycles. The minimum Gasteiger partial charge on any atom is -0.494 e. The van der Waals surface area contributed by atoms with Crippen molar-refractivity contribution in [2.75, 3.05) is 32.0 Å². The lowest BCUT2D eigenvalue weighted by Crippen LogP contribution is -2.40. The lowest BCUT2D eigenvalue weighted by atomic mass is 10.1. The summed E-state index contributed by atoms with van der Waals surface area (Å²) in [5.41, 5.74) is 0.886. The Morgan fingerprint density at radius 1 is 1.05 bits per heavy atom. The van der Waals surface area contributed by atoms with E-state index in [1.54, 1.807) is 48.2 Å². The van der Waals surface area contributed by atoms with Crippen molar-refractivity contribution in [2.24, 2.45) is 0 Å². The molecule has 2 amide bonds. The predicted molar refractivity (Wildman–Crippen MR) is 146 cm³/mol. The molecule has 0 N–H and O–H groups in total. The number of sulfonamides is 1. The Kier molecular flexibility index (Phi) is 9.04. The van der Waals surface area contributed by atoms with Gasteiger partial charge in [-0.2, -0.15) is 0 Å². The molecule has 1 aliphatic rings. The van der Waals surface area contributed by atoms with E-state index in [4.69, 9.17) is 9.15 Å². The van der Waals surface area contributed by atoms with Crippen molar-refractivity contribution in [3.8, 4) is 5.75 Å². The summed E-state index contributed by atoms with van der Waals surface area (Å²) >= 11 is 0. The molecule has 3 aromatic rings. The number of carbonyl (C=O) groups is 2. The molecule has 0 unspecified atom stereocenters. The van der Waals surface area contributed by atoms with E-state index < -0.39 is 15.9 Å². The molecule has 204 valence electrons. The first-order valence-electron chi connectivity index (χ1n) is 13.2. The van der Waals surface area contributed by atoms with Crippen molar-refractivity contribution < 1.29 is 27.2 Å². The van der Waals surface area contributed by atoms with Crippen molar-refractivity contribution in [1.82, 2.24) is 9.21 Å². The minimum atomic E-state index is -3.70. The van der Waals surface area contributed by atoms with Gasteiger partial charge in [0.1, 0.15) is 16.9 Å². The van der Waals surface area contributed by atoms with Crippen molar-refractivity contribution in [2.45, 2.75) is 51.9 Å². The highest BCUT2D eigenvalue weighted by Gasteiger charge is 2.27. The zero-order valence-electron chi connectivity index (χ0n) is 21.7. The number of ether oxygens (including phenoxy) is 1. The summed E-state index contributed by atoms with van der Waals surface area (Å²) < 4.78 is 38.0. The van der Waals surface area contributed by atoms with Crippen molar-refractivity contribution in [1.29, 1.82) is 0 Å². The van der Waals surface area contributed by atoms with Crippen LogP contribution in [0.2, 0.25) is 0 Å². The first-order valence-corrected chi connectivity index (χ1v) is 14.8. The van der Waals surface area contributed by atoms with E-state index >= 15 is 0 Å². The van der Waals surface area contributed by atoms with Crippen LogP contribution in [0.15, 0.2) is 51.7 Å². The van der Waals surface area contributed by atoms with Crippen LogP contribution in [0.1, 0.15) is 51.9 Å². The highest BCUT2D eigenvalue weighted by atomic mass is 32.2. The Morgan fingerprint density at radius 2 is 1.84 bits per heavy atom. The maximum Gasteiger partial charge on any atom is 0.237 e. The number of para-hydroxylation sites is 1. The molecule has 10 heteroatoms. The number of nitrogens with zero attached hydrogens (tertiary/aromatic N) is 2. The van der Waals surface area contributed by atoms with Crippen LogP contribution in [0.3, 0.4) is 0 Å². The number of unbranched alkanes of at least 4 members (excludes halogenated alkanes) is 1. The molecular weight excluding hydrogens is 508 g/mol. The third-order valence-electron chi connectivity index (χ3n) is 6.64. The smallest absolute Gasteiger partial charge is 0.237 e. The summed E-state index contributed by atoms with van der Waals surface area (Å²) in [6, 6.07) is 12.2. The number of carbonyl (C=O) groups excluding carboxylic acids is 2. The van der Waals surface area contributed by atoms with Gasteiger partial charge in [0.15, 0.2) is 0 Å². The van der Waals surface area contributed by atoms with Gasteiger partial charge in [-0.25, -0.2) is 12.7 Å². The molecule has 2 aromatic carbocycles. The molecule has 9 nitrogen and oxygen atoms in total. The summed E-state index contributed by atoms with van der Waals surface area (Å²) in [4.78, 5) is 39.2. The minimum absolute atomic E-state index is 0.0792. The lowest BCUT2D eigenvalue weighted by Gasteiger charge is -2.24. The van der Waals surface area contributed by atoms with E-state index in [0.29, 0.717) is 79.5 Å². The van der Waals surface area contributed by atoms with Gasteiger partial charge in [0.05, 0.1) is 23.1 Å². The van der Waals surface area contributed by atoms with Gasteiger partial charge in [-0.3, -0.25) is 14.4 Å². The van der Waals surface area contributed by atoms with E-state index in [-0.39, 0.29) is 30.1 Å². The number of hydrogen-bond donors (Lipinski definition) is 0. The molecule has 0 bridgehead atoms. The molecule has 1 aromatic heterocycles. The fourth-order valence-electron chi connectivity index (χ4n) is 4.70. The van der Waals surface area contributed by atoms with Gasteiger partial charge in [0.25, 0.3) is 0 Å². The van der Waals surface area contributed by atoms with Crippen LogP contribution in [0.25, 0.3) is 21.9 Å². The van der Waals surface area contributed by atoms with Crippen molar-refractivity contribution in [3.05, 3.63) is 52.7 Å². The van der Waals surface area contributed by atoms with Gasteiger partial charge < -0.3 is 14.1 Å². The maximum absolute atomic E-state index is 12.9. The van der Waals surface area contributed by atoms with Gasteiger partial charge >= 0.3 is 0 Å². The summed E-state index contributed by atoms with van der Waals surface area (Å²) in [5, 5.41) is 0.939. The van der Waals surface area contributed by atoms with Crippen molar-refractivity contribution in [3.63, 3.8) is 0 Å². The van der Waals surface area contributed by atoms with Crippen LogP contribution in [-0.4, -0.2) is 61.4 Å². The summed E-state index contributed by atoms with van der Waals surface area (Å²) in [7, 11) is -3.70. The van der Waals surface area contributed by atoms with E-state index in [2.05, 4.69) is 0 Å². The van der Waals surface area contributed by atoms with Gasteiger partial charge in [0.2, 0.25) is 27.3 Å². The second kappa shape index (κ2) is 12.4. The average molecular weight is 543 g/mol. The average Bonchev–Trinajstić information content (AvgIpc) is 3.31. The second-order valence-corrected chi connectivity index (χ2v) is 11.5.